The Morgan fingerprint density at radius 2 is 0.765 bits per heavy atom. The molecule has 0 heteroatoms. The van der Waals surface area contributed by atoms with Crippen LogP contribution in [0.5, 0.6) is 0 Å². The molecule has 0 atom stereocenters. The minimum atomic E-state index is -0.0438. The van der Waals surface area contributed by atoms with E-state index >= 15 is 0 Å². The van der Waals surface area contributed by atoms with Gasteiger partial charge in [0.25, 0.3) is 0 Å². The number of hydrogen-bond acceptors (Lipinski definition) is 0. The lowest BCUT2D eigenvalue weighted by Gasteiger charge is -2.22. The first-order valence-corrected chi connectivity index (χ1v) is 17.9. The van der Waals surface area contributed by atoms with Crippen LogP contribution in [-0.4, -0.2) is 0 Å². The normalized spacial score (nSPS) is 13.1. The summed E-state index contributed by atoms with van der Waals surface area (Å²) < 4.78 is 0. The summed E-state index contributed by atoms with van der Waals surface area (Å²) in [5.41, 5.74) is 15.5. The van der Waals surface area contributed by atoms with Gasteiger partial charge >= 0.3 is 0 Å². The van der Waals surface area contributed by atoms with E-state index in [4.69, 9.17) is 0 Å². The summed E-state index contributed by atoms with van der Waals surface area (Å²) in [6, 6.07) is 67.4. The summed E-state index contributed by atoms with van der Waals surface area (Å²) in [4.78, 5) is 0. The summed E-state index contributed by atoms with van der Waals surface area (Å²) in [6.45, 7) is 4.72. The van der Waals surface area contributed by atoms with Crippen LogP contribution in [0.4, 0.5) is 0 Å². The van der Waals surface area contributed by atoms with E-state index in [2.05, 4.69) is 196 Å². The molecule has 1 aliphatic carbocycles. The van der Waals surface area contributed by atoms with Crippen molar-refractivity contribution in [2.45, 2.75) is 19.3 Å². The van der Waals surface area contributed by atoms with Gasteiger partial charge in [-0.15, -0.1) is 0 Å². The smallest absolute Gasteiger partial charge is 0.0159 e. The molecular formula is C51H36. The molecule has 0 nitrogen and oxygen atoms in total. The maximum absolute atomic E-state index is 2.44. The molecule has 0 aliphatic heterocycles. The Balaban J connectivity index is 1.20. The van der Waals surface area contributed by atoms with Crippen LogP contribution in [0.1, 0.15) is 25.0 Å². The maximum atomic E-state index is 2.44. The van der Waals surface area contributed by atoms with E-state index in [1.807, 2.05) is 0 Å². The Bertz CT molecular complexity index is 2760. The van der Waals surface area contributed by atoms with Crippen molar-refractivity contribution in [3.05, 3.63) is 193 Å². The predicted octanol–water partition coefficient (Wildman–Crippen LogP) is 14.1. The van der Waals surface area contributed by atoms with Crippen LogP contribution in [-0.2, 0) is 5.41 Å². The molecule has 0 unspecified atom stereocenters. The standard InChI is InChI=1S/C51H36/c1-51(2)47-26-13-12-21-40(47)41-28-27-35(32-48(41)51)37-29-30-46(39-20-7-6-19-38(37)39)50-44-24-10-8-22-42(44)49(43-23-9-11-25-45(43)50)36-18-14-17-34(31-36)33-15-4-3-5-16-33/h3-32H,1-2H3. The van der Waals surface area contributed by atoms with Crippen LogP contribution in [0.25, 0.3) is 88.0 Å². The van der Waals surface area contributed by atoms with Crippen LogP contribution >= 0.6 is 0 Å². The van der Waals surface area contributed by atoms with E-state index in [1.54, 1.807) is 0 Å². The van der Waals surface area contributed by atoms with E-state index in [9.17, 15) is 0 Å². The van der Waals surface area contributed by atoms with Gasteiger partial charge < -0.3 is 0 Å². The molecule has 0 bridgehead atoms. The summed E-state index contributed by atoms with van der Waals surface area (Å²) in [5.74, 6) is 0. The summed E-state index contributed by atoms with van der Waals surface area (Å²) >= 11 is 0. The molecule has 1 aliphatic rings. The first kappa shape index (κ1) is 29.7. The van der Waals surface area contributed by atoms with E-state index in [0.29, 0.717) is 0 Å². The molecule has 0 fully saturated rings. The van der Waals surface area contributed by atoms with Gasteiger partial charge in [-0.2, -0.15) is 0 Å². The molecule has 0 radical (unpaired) electrons. The van der Waals surface area contributed by atoms with Crippen LogP contribution in [0.2, 0.25) is 0 Å². The second-order valence-corrected chi connectivity index (χ2v) is 14.4. The molecule has 240 valence electrons. The molecule has 0 amide bonds. The van der Waals surface area contributed by atoms with Gasteiger partial charge in [0.15, 0.2) is 0 Å². The van der Waals surface area contributed by atoms with Gasteiger partial charge in [0, 0.05) is 5.41 Å². The van der Waals surface area contributed by atoms with Crippen LogP contribution in [0, 0.1) is 0 Å². The molecule has 0 saturated carbocycles. The fourth-order valence-electron chi connectivity index (χ4n) is 8.86. The zero-order chi connectivity index (χ0) is 34.1. The summed E-state index contributed by atoms with van der Waals surface area (Å²) in [7, 11) is 0. The van der Waals surface area contributed by atoms with E-state index in [1.165, 1.54) is 99.1 Å². The minimum absolute atomic E-state index is 0.0438. The molecule has 9 aromatic carbocycles. The lowest BCUT2D eigenvalue weighted by atomic mass is 9.81. The lowest BCUT2D eigenvalue weighted by molar-refractivity contribution is 0.660. The Kier molecular flexibility index (Phi) is 6.63. The summed E-state index contributed by atoms with van der Waals surface area (Å²) in [5, 5.41) is 7.62. The van der Waals surface area contributed by atoms with Gasteiger partial charge in [0.1, 0.15) is 0 Å². The van der Waals surface area contributed by atoms with Crippen molar-refractivity contribution in [1.82, 2.24) is 0 Å². The SMILES string of the molecule is CC1(C)c2ccccc2-c2ccc(-c3ccc(-c4c5ccccc5c(-c5cccc(-c6ccccc6)c5)c5ccccc45)c4ccccc34)cc21. The molecule has 9 aromatic rings. The van der Waals surface area contributed by atoms with Crippen LogP contribution in [0.15, 0.2) is 182 Å². The Labute approximate surface area is 299 Å². The molecule has 0 aromatic heterocycles. The second-order valence-electron chi connectivity index (χ2n) is 14.4. The zero-order valence-corrected chi connectivity index (χ0v) is 28.8. The first-order valence-electron chi connectivity index (χ1n) is 17.9. The number of rotatable bonds is 4. The largest absolute Gasteiger partial charge is 0.0622 e. The minimum Gasteiger partial charge on any atom is -0.0622 e. The van der Waals surface area contributed by atoms with Gasteiger partial charge in [-0.3, -0.25) is 0 Å². The number of benzene rings is 9. The predicted molar refractivity (Wildman–Crippen MR) is 218 cm³/mol. The average Bonchev–Trinajstić information content (AvgIpc) is 3.42. The molecule has 0 heterocycles. The Morgan fingerprint density at radius 1 is 0.275 bits per heavy atom. The molecule has 0 spiro atoms. The van der Waals surface area contributed by atoms with Crippen molar-refractivity contribution in [2.75, 3.05) is 0 Å². The van der Waals surface area contributed by atoms with Crippen LogP contribution in [0.3, 0.4) is 0 Å². The van der Waals surface area contributed by atoms with Gasteiger partial charge in [-0.05, 0) is 111 Å². The average molecular weight is 649 g/mol. The van der Waals surface area contributed by atoms with Gasteiger partial charge in [-0.1, -0.05) is 184 Å². The van der Waals surface area contributed by atoms with Gasteiger partial charge in [-0.25, -0.2) is 0 Å². The Hall–Kier alpha value is -6.24. The highest BCUT2D eigenvalue weighted by atomic mass is 14.4. The third-order valence-corrected chi connectivity index (χ3v) is 11.3. The van der Waals surface area contributed by atoms with Crippen molar-refractivity contribution >= 4 is 32.3 Å². The third kappa shape index (κ3) is 4.53. The van der Waals surface area contributed by atoms with E-state index in [0.717, 1.165) is 0 Å². The van der Waals surface area contributed by atoms with Crippen molar-refractivity contribution in [3.63, 3.8) is 0 Å². The van der Waals surface area contributed by atoms with Crippen LogP contribution < -0.4 is 0 Å². The van der Waals surface area contributed by atoms with Crippen molar-refractivity contribution < 1.29 is 0 Å². The molecule has 0 saturated heterocycles. The molecule has 10 rings (SSSR count). The monoisotopic (exact) mass is 648 g/mol. The van der Waals surface area contributed by atoms with Crippen molar-refractivity contribution in [3.8, 4) is 55.6 Å². The third-order valence-electron chi connectivity index (χ3n) is 11.3. The highest BCUT2D eigenvalue weighted by Gasteiger charge is 2.35. The maximum Gasteiger partial charge on any atom is 0.0159 e. The zero-order valence-electron chi connectivity index (χ0n) is 28.8. The Morgan fingerprint density at radius 3 is 1.47 bits per heavy atom. The molecule has 0 N–H and O–H groups in total. The fraction of sp³-hybridized carbons (Fsp3) is 0.0588. The highest BCUT2D eigenvalue weighted by molar-refractivity contribution is 6.24. The summed E-state index contributed by atoms with van der Waals surface area (Å²) in [6.07, 6.45) is 0. The molecular weight excluding hydrogens is 613 g/mol. The molecule has 51 heavy (non-hydrogen) atoms. The topological polar surface area (TPSA) is 0 Å². The number of hydrogen-bond donors (Lipinski definition) is 0. The highest BCUT2D eigenvalue weighted by Crippen LogP contribution is 2.51. The fourth-order valence-corrected chi connectivity index (χ4v) is 8.86. The lowest BCUT2D eigenvalue weighted by Crippen LogP contribution is -2.14. The first-order chi connectivity index (χ1) is 25.1. The number of fused-ring (bicyclic) bond motifs is 6. The quantitative estimate of drug-likeness (QED) is 0.167. The van der Waals surface area contributed by atoms with Crippen molar-refractivity contribution in [1.29, 1.82) is 0 Å². The van der Waals surface area contributed by atoms with Gasteiger partial charge in [0.2, 0.25) is 0 Å². The van der Waals surface area contributed by atoms with E-state index < -0.39 is 0 Å². The second kappa shape index (κ2) is 11.4. The van der Waals surface area contributed by atoms with Gasteiger partial charge in [0.05, 0.1) is 0 Å². The van der Waals surface area contributed by atoms with E-state index in [-0.39, 0.29) is 5.41 Å². The van der Waals surface area contributed by atoms with Crippen molar-refractivity contribution in [2.24, 2.45) is 0 Å².